The molecule has 1 saturated carbocycles. The van der Waals surface area contributed by atoms with Gasteiger partial charge in [-0.2, -0.15) is 0 Å². The van der Waals surface area contributed by atoms with E-state index in [0.717, 1.165) is 6.07 Å². The van der Waals surface area contributed by atoms with Gasteiger partial charge >= 0.3 is 0 Å². The van der Waals surface area contributed by atoms with Crippen LogP contribution in [0.2, 0.25) is 0 Å². The highest BCUT2D eigenvalue weighted by molar-refractivity contribution is 9.10. The molecule has 1 aromatic carbocycles. The third kappa shape index (κ3) is 2.18. The molecule has 5 heteroatoms. The second kappa shape index (κ2) is 4.21. The number of rotatable bonds is 2. The summed E-state index contributed by atoms with van der Waals surface area (Å²) < 4.78 is 26.8. The average Bonchev–Trinajstić information content (AvgIpc) is 2.25. The quantitative estimate of drug-likeness (QED) is 0.822. The molecular weight excluding hydrogens is 292 g/mol. The van der Waals surface area contributed by atoms with Gasteiger partial charge in [-0.3, -0.25) is 0 Å². The molecule has 1 aromatic rings. The first-order chi connectivity index (χ1) is 7.82. The van der Waals surface area contributed by atoms with Crippen LogP contribution in [-0.2, 0) is 0 Å². The van der Waals surface area contributed by atoms with E-state index in [9.17, 15) is 13.9 Å². The van der Waals surface area contributed by atoms with Gasteiger partial charge in [0, 0.05) is 17.5 Å². The lowest BCUT2D eigenvalue weighted by Crippen LogP contribution is -2.57. The number of anilines is 1. The standard InChI is InChI=1S/C12H14BrF2NO/c1-12(2)10(5-11(12)17)16-9-3-6(13)7(14)4-8(9)15/h3-4,10-11,16-17H,5H2,1-2H3. The second-order valence-electron chi connectivity index (χ2n) is 5.02. The van der Waals surface area contributed by atoms with Crippen molar-refractivity contribution in [3.8, 4) is 0 Å². The number of benzene rings is 1. The maximum absolute atomic E-state index is 13.5. The third-order valence-electron chi connectivity index (χ3n) is 3.56. The van der Waals surface area contributed by atoms with Crippen molar-refractivity contribution in [2.75, 3.05) is 5.32 Å². The van der Waals surface area contributed by atoms with Gasteiger partial charge in [-0.1, -0.05) is 13.8 Å². The third-order valence-corrected chi connectivity index (χ3v) is 4.16. The van der Waals surface area contributed by atoms with Crippen LogP contribution < -0.4 is 5.32 Å². The van der Waals surface area contributed by atoms with Crippen LogP contribution in [0.15, 0.2) is 16.6 Å². The van der Waals surface area contributed by atoms with Crippen LogP contribution >= 0.6 is 15.9 Å². The number of nitrogens with one attached hydrogen (secondary N) is 1. The Hall–Kier alpha value is -0.680. The molecule has 0 spiro atoms. The van der Waals surface area contributed by atoms with Crippen molar-refractivity contribution >= 4 is 21.6 Å². The lowest BCUT2D eigenvalue weighted by molar-refractivity contribution is -0.0511. The molecule has 0 aromatic heterocycles. The summed E-state index contributed by atoms with van der Waals surface area (Å²) in [5, 5.41) is 12.6. The highest BCUT2D eigenvalue weighted by atomic mass is 79.9. The molecule has 1 aliphatic rings. The van der Waals surface area contributed by atoms with E-state index in [1.165, 1.54) is 6.07 Å². The van der Waals surface area contributed by atoms with E-state index in [1.807, 2.05) is 13.8 Å². The van der Waals surface area contributed by atoms with E-state index in [2.05, 4.69) is 21.2 Å². The number of hydrogen-bond donors (Lipinski definition) is 2. The Morgan fingerprint density at radius 2 is 2.00 bits per heavy atom. The Morgan fingerprint density at radius 3 is 2.53 bits per heavy atom. The van der Waals surface area contributed by atoms with E-state index in [4.69, 9.17) is 0 Å². The number of hydrogen-bond acceptors (Lipinski definition) is 2. The first-order valence-corrected chi connectivity index (χ1v) is 6.21. The molecule has 0 radical (unpaired) electrons. The molecule has 0 heterocycles. The van der Waals surface area contributed by atoms with Crippen molar-refractivity contribution in [1.29, 1.82) is 0 Å². The fraction of sp³-hybridized carbons (Fsp3) is 0.500. The molecule has 0 bridgehead atoms. The summed E-state index contributed by atoms with van der Waals surface area (Å²) in [6, 6.07) is 2.21. The van der Waals surface area contributed by atoms with Crippen molar-refractivity contribution < 1.29 is 13.9 Å². The summed E-state index contributed by atoms with van der Waals surface area (Å²) in [7, 11) is 0. The van der Waals surface area contributed by atoms with Crippen LogP contribution in [0.25, 0.3) is 0 Å². The number of aliphatic hydroxyl groups excluding tert-OH is 1. The maximum Gasteiger partial charge on any atom is 0.149 e. The Bertz CT molecular complexity index is 450. The normalized spacial score (nSPS) is 26.5. The van der Waals surface area contributed by atoms with Crippen molar-refractivity contribution in [3.05, 3.63) is 28.2 Å². The highest BCUT2D eigenvalue weighted by Crippen LogP contribution is 2.42. The fourth-order valence-corrected chi connectivity index (χ4v) is 2.31. The van der Waals surface area contributed by atoms with Crippen molar-refractivity contribution in [1.82, 2.24) is 0 Å². The average molecular weight is 306 g/mol. The summed E-state index contributed by atoms with van der Waals surface area (Å²) in [5.41, 5.74) is -0.0453. The predicted octanol–water partition coefficient (Wildman–Crippen LogP) is 3.30. The molecule has 0 aliphatic heterocycles. The van der Waals surface area contributed by atoms with Gasteiger partial charge in [-0.15, -0.1) is 0 Å². The van der Waals surface area contributed by atoms with Crippen LogP contribution in [0.1, 0.15) is 20.3 Å². The van der Waals surface area contributed by atoms with E-state index >= 15 is 0 Å². The van der Waals surface area contributed by atoms with Crippen LogP contribution in [0, 0.1) is 17.0 Å². The second-order valence-corrected chi connectivity index (χ2v) is 5.87. The smallest absolute Gasteiger partial charge is 0.149 e. The summed E-state index contributed by atoms with van der Waals surface area (Å²) >= 11 is 3.02. The van der Waals surface area contributed by atoms with Gasteiger partial charge in [0.2, 0.25) is 0 Å². The molecule has 2 atom stereocenters. The van der Waals surface area contributed by atoms with E-state index in [0.29, 0.717) is 6.42 Å². The molecule has 1 fully saturated rings. The van der Waals surface area contributed by atoms with Crippen LogP contribution in [0.4, 0.5) is 14.5 Å². The maximum atomic E-state index is 13.5. The first-order valence-electron chi connectivity index (χ1n) is 5.41. The Kier molecular flexibility index (Phi) is 3.16. The van der Waals surface area contributed by atoms with Gasteiger partial charge in [0.1, 0.15) is 11.6 Å². The summed E-state index contributed by atoms with van der Waals surface area (Å²) in [5.74, 6) is -1.25. The van der Waals surface area contributed by atoms with Crippen LogP contribution in [0.5, 0.6) is 0 Å². The van der Waals surface area contributed by atoms with Gasteiger partial charge < -0.3 is 10.4 Å². The van der Waals surface area contributed by atoms with Gasteiger partial charge in [-0.25, -0.2) is 8.78 Å². The largest absolute Gasteiger partial charge is 0.392 e. The Labute approximate surface area is 107 Å². The van der Waals surface area contributed by atoms with Crippen molar-refractivity contribution in [2.24, 2.45) is 5.41 Å². The summed E-state index contributed by atoms with van der Waals surface area (Å²) in [4.78, 5) is 0. The van der Waals surface area contributed by atoms with Gasteiger partial charge in [-0.05, 0) is 28.4 Å². The van der Waals surface area contributed by atoms with E-state index < -0.39 is 11.6 Å². The van der Waals surface area contributed by atoms with Crippen molar-refractivity contribution in [2.45, 2.75) is 32.4 Å². The lowest BCUT2D eigenvalue weighted by Gasteiger charge is -2.49. The SMILES string of the molecule is CC1(C)C(O)CC1Nc1cc(Br)c(F)cc1F. The monoisotopic (exact) mass is 305 g/mol. The molecule has 0 amide bonds. The van der Waals surface area contributed by atoms with Gasteiger partial charge in [0.05, 0.1) is 16.3 Å². The van der Waals surface area contributed by atoms with Gasteiger partial charge in [0.25, 0.3) is 0 Å². The minimum Gasteiger partial charge on any atom is -0.392 e. The molecule has 2 N–H and O–H groups in total. The Balaban J connectivity index is 2.18. The topological polar surface area (TPSA) is 32.3 Å². The molecule has 2 rings (SSSR count). The molecule has 0 saturated heterocycles. The van der Waals surface area contributed by atoms with Crippen LogP contribution in [-0.4, -0.2) is 17.3 Å². The number of aliphatic hydroxyl groups is 1. The zero-order chi connectivity index (χ0) is 12.8. The zero-order valence-electron chi connectivity index (χ0n) is 9.60. The lowest BCUT2D eigenvalue weighted by atomic mass is 9.64. The minimum absolute atomic E-state index is 0.00985. The first kappa shape index (κ1) is 12.8. The predicted molar refractivity (Wildman–Crippen MR) is 65.9 cm³/mol. The van der Waals surface area contributed by atoms with Crippen molar-refractivity contribution in [3.63, 3.8) is 0 Å². The number of halogens is 3. The molecule has 2 unspecified atom stereocenters. The molecule has 2 nitrogen and oxygen atoms in total. The zero-order valence-corrected chi connectivity index (χ0v) is 11.2. The molecule has 94 valence electrons. The van der Waals surface area contributed by atoms with E-state index in [1.54, 1.807) is 0 Å². The Morgan fingerprint density at radius 1 is 1.35 bits per heavy atom. The summed E-state index contributed by atoms with van der Waals surface area (Å²) in [6.07, 6.45) is 0.188. The molecule has 1 aliphatic carbocycles. The minimum atomic E-state index is -0.624. The van der Waals surface area contributed by atoms with Gasteiger partial charge in [0.15, 0.2) is 0 Å². The fourth-order valence-electron chi connectivity index (χ4n) is 1.97. The highest BCUT2D eigenvalue weighted by Gasteiger charge is 2.47. The summed E-state index contributed by atoms with van der Waals surface area (Å²) in [6.45, 7) is 3.82. The van der Waals surface area contributed by atoms with Crippen LogP contribution in [0.3, 0.4) is 0 Å². The van der Waals surface area contributed by atoms with E-state index in [-0.39, 0.29) is 27.7 Å². The molecule has 17 heavy (non-hydrogen) atoms. The molecular formula is C12H14BrF2NO.